The van der Waals surface area contributed by atoms with Gasteiger partial charge in [0, 0.05) is 17.1 Å². The molecule has 0 saturated heterocycles. The van der Waals surface area contributed by atoms with Crippen LogP contribution in [0.1, 0.15) is 24.1 Å². The summed E-state index contributed by atoms with van der Waals surface area (Å²) in [6.45, 7) is 4.35. The number of anilines is 1. The van der Waals surface area contributed by atoms with E-state index in [2.05, 4.69) is 27.2 Å². The average Bonchev–Trinajstić information content (AvgIpc) is 2.73. The molecule has 0 aliphatic rings. The van der Waals surface area contributed by atoms with Crippen molar-refractivity contribution in [2.75, 3.05) is 5.32 Å². The minimum absolute atomic E-state index is 0.123. The normalized spacial score (nSPS) is 10.5. The largest absolute Gasteiger partial charge is 0.354 e. The fraction of sp³-hybridized carbons (Fsp3) is 0.364. The highest BCUT2D eigenvalue weighted by Gasteiger charge is 2.02. The fourth-order valence-corrected chi connectivity index (χ4v) is 2.23. The summed E-state index contributed by atoms with van der Waals surface area (Å²) in [5, 5.41) is 6.02. The van der Waals surface area contributed by atoms with Gasteiger partial charge in [0.15, 0.2) is 5.13 Å². The lowest BCUT2D eigenvalue weighted by Gasteiger charge is -2.02. The minimum atomic E-state index is -0.123. The van der Waals surface area contributed by atoms with Crippen LogP contribution in [-0.2, 0) is 13.0 Å². The Labute approximate surface area is 103 Å². The van der Waals surface area contributed by atoms with Crippen molar-refractivity contribution in [2.24, 2.45) is 0 Å². The molecule has 2 aromatic heterocycles. The Kier molecular flexibility index (Phi) is 3.53. The van der Waals surface area contributed by atoms with Crippen LogP contribution in [0.15, 0.2) is 16.2 Å². The number of nitrogens with one attached hydrogen (secondary N) is 2. The van der Waals surface area contributed by atoms with Gasteiger partial charge in [-0.3, -0.25) is 4.79 Å². The lowest BCUT2D eigenvalue weighted by molar-refractivity contribution is 0.903. The first-order valence-corrected chi connectivity index (χ1v) is 6.30. The van der Waals surface area contributed by atoms with E-state index in [9.17, 15) is 4.79 Å². The van der Waals surface area contributed by atoms with Crippen molar-refractivity contribution in [1.82, 2.24) is 15.0 Å². The van der Waals surface area contributed by atoms with Crippen LogP contribution in [0.5, 0.6) is 0 Å². The van der Waals surface area contributed by atoms with Crippen LogP contribution in [0.2, 0.25) is 0 Å². The monoisotopic (exact) mass is 250 g/mol. The summed E-state index contributed by atoms with van der Waals surface area (Å²) in [6.07, 6.45) is 0.928. The molecular formula is C11H14N4OS. The molecule has 0 radical (unpaired) electrons. The summed E-state index contributed by atoms with van der Waals surface area (Å²) in [7, 11) is 0. The Morgan fingerprint density at radius 3 is 2.94 bits per heavy atom. The van der Waals surface area contributed by atoms with Gasteiger partial charge in [0.05, 0.1) is 12.2 Å². The number of nitrogens with zero attached hydrogens (tertiary/aromatic N) is 2. The van der Waals surface area contributed by atoms with E-state index in [0.717, 1.165) is 22.9 Å². The summed E-state index contributed by atoms with van der Waals surface area (Å²) in [6, 6.07) is 1.47. The number of thiazole rings is 1. The van der Waals surface area contributed by atoms with Crippen LogP contribution in [0.3, 0.4) is 0 Å². The van der Waals surface area contributed by atoms with Crippen molar-refractivity contribution in [2.45, 2.75) is 26.8 Å². The van der Waals surface area contributed by atoms with Crippen LogP contribution in [0, 0.1) is 6.92 Å². The van der Waals surface area contributed by atoms with Crippen molar-refractivity contribution in [1.29, 1.82) is 0 Å². The van der Waals surface area contributed by atoms with Gasteiger partial charge in [-0.2, -0.15) is 0 Å². The van der Waals surface area contributed by atoms with E-state index in [-0.39, 0.29) is 5.56 Å². The molecule has 0 unspecified atom stereocenters. The first kappa shape index (κ1) is 11.8. The highest BCUT2D eigenvalue weighted by Crippen LogP contribution is 2.15. The van der Waals surface area contributed by atoms with Gasteiger partial charge < -0.3 is 10.3 Å². The molecule has 0 aliphatic carbocycles. The van der Waals surface area contributed by atoms with Crippen LogP contribution < -0.4 is 10.9 Å². The maximum Gasteiger partial charge on any atom is 0.251 e. The molecule has 5 nitrogen and oxygen atoms in total. The van der Waals surface area contributed by atoms with Crippen LogP contribution in [0.25, 0.3) is 0 Å². The van der Waals surface area contributed by atoms with Crippen molar-refractivity contribution in [3.63, 3.8) is 0 Å². The molecule has 0 aromatic carbocycles. The lowest BCUT2D eigenvalue weighted by Crippen LogP contribution is -2.14. The Hall–Kier alpha value is -1.69. The molecule has 0 aliphatic heterocycles. The predicted molar refractivity (Wildman–Crippen MR) is 68.4 cm³/mol. The zero-order valence-electron chi connectivity index (χ0n) is 9.78. The average molecular weight is 250 g/mol. The molecular weight excluding hydrogens is 236 g/mol. The number of rotatable bonds is 4. The smallest absolute Gasteiger partial charge is 0.251 e. The highest BCUT2D eigenvalue weighted by molar-refractivity contribution is 7.13. The maximum atomic E-state index is 11.2. The second-order valence-electron chi connectivity index (χ2n) is 3.68. The molecule has 2 rings (SSSR count). The summed E-state index contributed by atoms with van der Waals surface area (Å²) >= 11 is 1.56. The lowest BCUT2D eigenvalue weighted by atomic mass is 10.4. The Morgan fingerprint density at radius 1 is 1.47 bits per heavy atom. The number of H-pyrrole nitrogens is 1. The third-order valence-corrected chi connectivity index (χ3v) is 3.09. The van der Waals surface area contributed by atoms with Crippen molar-refractivity contribution in [3.05, 3.63) is 39.0 Å². The Balaban J connectivity index is 2.04. The summed E-state index contributed by atoms with van der Waals surface area (Å²) in [4.78, 5) is 22.5. The molecule has 2 aromatic rings. The zero-order valence-corrected chi connectivity index (χ0v) is 10.6. The number of aryl methyl sites for hydroxylation is 2. The standard InChI is InChI=1S/C11H14N4OS/c1-3-8-6-17-11(14-8)12-5-9-13-7(2)4-10(16)15-9/h4,6H,3,5H2,1-2H3,(H,12,14)(H,13,15,16). The third-order valence-electron chi connectivity index (χ3n) is 2.24. The van der Waals surface area contributed by atoms with E-state index < -0.39 is 0 Å². The van der Waals surface area contributed by atoms with Crippen molar-refractivity contribution < 1.29 is 0 Å². The van der Waals surface area contributed by atoms with Gasteiger partial charge in [-0.1, -0.05) is 6.92 Å². The Bertz CT molecular complexity index is 561. The molecule has 6 heteroatoms. The number of aromatic nitrogens is 3. The van der Waals surface area contributed by atoms with Crippen LogP contribution in [0.4, 0.5) is 5.13 Å². The Morgan fingerprint density at radius 2 is 2.29 bits per heavy atom. The van der Waals surface area contributed by atoms with Gasteiger partial charge in [0.2, 0.25) is 0 Å². The molecule has 2 N–H and O–H groups in total. The first-order chi connectivity index (χ1) is 8.17. The first-order valence-electron chi connectivity index (χ1n) is 5.42. The van der Waals surface area contributed by atoms with Crippen molar-refractivity contribution >= 4 is 16.5 Å². The van der Waals surface area contributed by atoms with Crippen LogP contribution >= 0.6 is 11.3 Å². The molecule has 2 heterocycles. The number of hydrogen-bond donors (Lipinski definition) is 2. The van der Waals surface area contributed by atoms with Gasteiger partial charge in [-0.05, 0) is 13.3 Å². The zero-order chi connectivity index (χ0) is 12.3. The quantitative estimate of drug-likeness (QED) is 0.866. The van der Waals surface area contributed by atoms with Gasteiger partial charge >= 0.3 is 0 Å². The van der Waals surface area contributed by atoms with Gasteiger partial charge in [0.25, 0.3) is 5.56 Å². The molecule has 0 bridgehead atoms. The molecule has 0 amide bonds. The second kappa shape index (κ2) is 5.09. The van der Waals surface area contributed by atoms with E-state index in [1.165, 1.54) is 6.07 Å². The number of hydrogen-bond acceptors (Lipinski definition) is 5. The second-order valence-corrected chi connectivity index (χ2v) is 4.54. The van der Waals surface area contributed by atoms with E-state index in [1.807, 2.05) is 5.38 Å². The fourth-order valence-electron chi connectivity index (χ4n) is 1.43. The van der Waals surface area contributed by atoms with E-state index in [4.69, 9.17) is 0 Å². The highest BCUT2D eigenvalue weighted by atomic mass is 32.1. The van der Waals surface area contributed by atoms with E-state index in [0.29, 0.717) is 12.4 Å². The summed E-state index contributed by atoms with van der Waals surface area (Å²) in [5.41, 5.74) is 1.67. The van der Waals surface area contributed by atoms with E-state index >= 15 is 0 Å². The SMILES string of the molecule is CCc1csc(NCc2nc(C)cc(=O)[nH]2)n1. The summed E-state index contributed by atoms with van der Waals surface area (Å²) in [5.74, 6) is 0.628. The topological polar surface area (TPSA) is 70.7 Å². The van der Waals surface area contributed by atoms with Gasteiger partial charge in [-0.25, -0.2) is 9.97 Å². The third kappa shape index (κ3) is 3.13. The van der Waals surface area contributed by atoms with Gasteiger partial charge in [-0.15, -0.1) is 11.3 Å². The molecule has 0 saturated carbocycles. The molecule has 0 atom stereocenters. The molecule has 90 valence electrons. The molecule has 0 spiro atoms. The van der Waals surface area contributed by atoms with Gasteiger partial charge in [0.1, 0.15) is 5.82 Å². The molecule has 0 fully saturated rings. The predicted octanol–water partition coefficient (Wildman–Crippen LogP) is 1.71. The van der Waals surface area contributed by atoms with Crippen LogP contribution in [-0.4, -0.2) is 15.0 Å². The number of aromatic amines is 1. The maximum absolute atomic E-state index is 11.2. The molecule has 17 heavy (non-hydrogen) atoms. The summed E-state index contributed by atoms with van der Waals surface area (Å²) < 4.78 is 0. The minimum Gasteiger partial charge on any atom is -0.354 e. The van der Waals surface area contributed by atoms with E-state index in [1.54, 1.807) is 18.3 Å². The van der Waals surface area contributed by atoms with Crippen molar-refractivity contribution in [3.8, 4) is 0 Å².